The Morgan fingerprint density at radius 2 is 1.96 bits per heavy atom. The number of carboxylic acids is 1. The van der Waals surface area contributed by atoms with Crippen LogP contribution in [0.2, 0.25) is 0 Å². The Morgan fingerprint density at radius 1 is 1.33 bits per heavy atom. The second kappa shape index (κ2) is 7.20. The summed E-state index contributed by atoms with van der Waals surface area (Å²) in [6, 6.07) is 2.15. The SMILES string of the molecule is CCC(C)C(NC(=O)c1coc(-c2c(F)cccc2F)n1)C(=O)O. The minimum absolute atomic E-state index is 0.262. The Bertz CT molecular complexity index is 740. The van der Waals surface area contributed by atoms with Gasteiger partial charge in [-0.1, -0.05) is 26.3 Å². The first kappa shape index (κ1) is 17.6. The molecule has 0 fully saturated rings. The van der Waals surface area contributed by atoms with E-state index in [0.717, 1.165) is 18.4 Å². The van der Waals surface area contributed by atoms with Gasteiger partial charge in [-0.15, -0.1) is 0 Å². The Morgan fingerprint density at radius 3 is 2.50 bits per heavy atom. The number of carboxylic acid groups (broad SMARTS) is 1. The fourth-order valence-corrected chi connectivity index (χ4v) is 2.09. The van der Waals surface area contributed by atoms with Gasteiger partial charge in [-0.05, 0) is 18.1 Å². The molecule has 2 rings (SSSR count). The van der Waals surface area contributed by atoms with Crippen molar-refractivity contribution in [3.05, 3.63) is 41.8 Å². The molecule has 1 amide bonds. The van der Waals surface area contributed by atoms with Crippen molar-refractivity contribution in [1.82, 2.24) is 10.3 Å². The molecule has 0 aliphatic carbocycles. The van der Waals surface area contributed by atoms with E-state index in [0.29, 0.717) is 6.42 Å². The second-order valence-corrected chi connectivity index (χ2v) is 5.31. The lowest BCUT2D eigenvalue weighted by Crippen LogP contribution is -2.45. The van der Waals surface area contributed by atoms with E-state index in [9.17, 15) is 18.4 Å². The fraction of sp³-hybridized carbons (Fsp3) is 0.312. The van der Waals surface area contributed by atoms with Crippen LogP contribution in [0.25, 0.3) is 11.5 Å². The molecule has 6 nitrogen and oxygen atoms in total. The number of carbonyl (C=O) groups excluding carboxylic acids is 1. The molecule has 0 aliphatic rings. The number of amides is 1. The normalized spacial score (nSPS) is 13.3. The molecule has 2 aromatic rings. The standard InChI is InChI=1S/C16H16F2N2O4/c1-3-8(2)13(16(22)23)20-14(21)11-7-24-15(19-11)12-9(17)5-4-6-10(12)18/h4-8,13H,3H2,1-2H3,(H,20,21)(H,22,23). The van der Waals surface area contributed by atoms with Crippen molar-refractivity contribution in [2.45, 2.75) is 26.3 Å². The highest BCUT2D eigenvalue weighted by atomic mass is 19.1. The molecule has 8 heteroatoms. The summed E-state index contributed by atoms with van der Waals surface area (Å²) in [5.41, 5.74) is -0.754. The van der Waals surface area contributed by atoms with Crippen molar-refractivity contribution in [2.75, 3.05) is 0 Å². The van der Waals surface area contributed by atoms with Crippen LogP contribution in [0.5, 0.6) is 0 Å². The molecule has 0 saturated heterocycles. The third kappa shape index (κ3) is 3.58. The van der Waals surface area contributed by atoms with Crippen LogP contribution in [-0.4, -0.2) is 28.0 Å². The van der Waals surface area contributed by atoms with Crippen molar-refractivity contribution in [3.63, 3.8) is 0 Å². The topological polar surface area (TPSA) is 92.4 Å². The number of halogens is 2. The molecule has 1 aromatic heterocycles. The summed E-state index contributed by atoms with van der Waals surface area (Å²) < 4.78 is 32.4. The predicted molar refractivity (Wildman–Crippen MR) is 80.2 cm³/mol. The van der Waals surface area contributed by atoms with Gasteiger partial charge < -0.3 is 14.8 Å². The molecule has 0 saturated carbocycles. The van der Waals surface area contributed by atoms with E-state index in [1.807, 2.05) is 0 Å². The molecular formula is C16H16F2N2O4. The number of hydrogen-bond acceptors (Lipinski definition) is 4. The van der Waals surface area contributed by atoms with Gasteiger partial charge in [0.2, 0.25) is 5.89 Å². The number of oxazole rings is 1. The van der Waals surface area contributed by atoms with Crippen LogP contribution < -0.4 is 5.32 Å². The molecule has 128 valence electrons. The molecule has 0 radical (unpaired) electrons. The van der Waals surface area contributed by atoms with E-state index in [2.05, 4.69) is 10.3 Å². The molecule has 2 N–H and O–H groups in total. The van der Waals surface area contributed by atoms with Crippen LogP contribution in [0.1, 0.15) is 30.8 Å². The maximum atomic E-state index is 13.7. The average Bonchev–Trinajstić information content (AvgIpc) is 3.01. The van der Waals surface area contributed by atoms with Crippen molar-refractivity contribution in [2.24, 2.45) is 5.92 Å². The molecule has 1 heterocycles. The number of rotatable bonds is 6. The summed E-state index contributed by atoms with van der Waals surface area (Å²) in [7, 11) is 0. The van der Waals surface area contributed by atoms with E-state index in [1.165, 1.54) is 6.07 Å². The lowest BCUT2D eigenvalue weighted by atomic mass is 9.99. The van der Waals surface area contributed by atoms with Crippen LogP contribution in [0.4, 0.5) is 8.78 Å². The van der Waals surface area contributed by atoms with E-state index in [1.54, 1.807) is 13.8 Å². The summed E-state index contributed by atoms with van der Waals surface area (Å²) in [6.45, 7) is 3.48. The molecule has 2 unspecified atom stereocenters. The van der Waals surface area contributed by atoms with E-state index in [-0.39, 0.29) is 11.6 Å². The van der Waals surface area contributed by atoms with Gasteiger partial charge in [0, 0.05) is 0 Å². The second-order valence-electron chi connectivity index (χ2n) is 5.31. The van der Waals surface area contributed by atoms with Gasteiger partial charge >= 0.3 is 5.97 Å². The third-order valence-corrected chi connectivity index (χ3v) is 3.68. The molecule has 0 aliphatic heterocycles. The zero-order chi connectivity index (χ0) is 17.9. The van der Waals surface area contributed by atoms with Crippen molar-refractivity contribution < 1.29 is 27.9 Å². The van der Waals surface area contributed by atoms with Crippen LogP contribution >= 0.6 is 0 Å². The largest absolute Gasteiger partial charge is 0.480 e. The quantitative estimate of drug-likeness (QED) is 0.845. The Hall–Kier alpha value is -2.77. The Labute approximate surface area is 136 Å². The molecule has 0 spiro atoms. The lowest BCUT2D eigenvalue weighted by Gasteiger charge is -2.19. The van der Waals surface area contributed by atoms with Gasteiger partial charge in [-0.25, -0.2) is 18.6 Å². The third-order valence-electron chi connectivity index (χ3n) is 3.68. The van der Waals surface area contributed by atoms with Gasteiger partial charge in [0.15, 0.2) is 5.69 Å². The van der Waals surface area contributed by atoms with Gasteiger partial charge in [-0.2, -0.15) is 0 Å². The summed E-state index contributed by atoms with van der Waals surface area (Å²) in [6.07, 6.45) is 1.47. The zero-order valence-corrected chi connectivity index (χ0v) is 13.0. The Balaban J connectivity index is 2.24. The first-order chi connectivity index (χ1) is 11.3. The number of hydrogen-bond donors (Lipinski definition) is 2. The highest BCUT2D eigenvalue weighted by Crippen LogP contribution is 2.25. The first-order valence-corrected chi connectivity index (χ1v) is 7.28. The summed E-state index contributed by atoms with van der Waals surface area (Å²) >= 11 is 0. The summed E-state index contributed by atoms with van der Waals surface area (Å²) in [5, 5.41) is 11.5. The van der Waals surface area contributed by atoms with Crippen molar-refractivity contribution >= 4 is 11.9 Å². The van der Waals surface area contributed by atoms with Crippen LogP contribution in [0.3, 0.4) is 0 Å². The van der Waals surface area contributed by atoms with Crippen LogP contribution in [0.15, 0.2) is 28.9 Å². The first-order valence-electron chi connectivity index (χ1n) is 7.28. The number of nitrogens with zero attached hydrogens (tertiary/aromatic N) is 1. The number of aliphatic carboxylic acids is 1. The lowest BCUT2D eigenvalue weighted by molar-refractivity contribution is -0.140. The maximum Gasteiger partial charge on any atom is 0.326 e. The van der Waals surface area contributed by atoms with E-state index in [4.69, 9.17) is 9.52 Å². The fourth-order valence-electron chi connectivity index (χ4n) is 2.09. The van der Waals surface area contributed by atoms with Gasteiger partial charge in [0.05, 0.1) is 0 Å². The molecule has 2 atom stereocenters. The number of benzene rings is 1. The molecule has 0 bridgehead atoms. The van der Waals surface area contributed by atoms with Crippen LogP contribution in [-0.2, 0) is 4.79 Å². The van der Waals surface area contributed by atoms with Crippen molar-refractivity contribution in [3.8, 4) is 11.5 Å². The maximum absolute atomic E-state index is 13.7. The van der Waals surface area contributed by atoms with Gasteiger partial charge in [0.25, 0.3) is 5.91 Å². The van der Waals surface area contributed by atoms with E-state index < -0.39 is 41.0 Å². The predicted octanol–water partition coefficient (Wildman–Crippen LogP) is 2.85. The molecule has 24 heavy (non-hydrogen) atoms. The zero-order valence-electron chi connectivity index (χ0n) is 13.0. The summed E-state index contributed by atoms with van der Waals surface area (Å²) in [5.74, 6) is -4.44. The number of nitrogens with one attached hydrogen (secondary N) is 1. The highest BCUT2D eigenvalue weighted by Gasteiger charge is 2.27. The highest BCUT2D eigenvalue weighted by molar-refractivity contribution is 5.95. The Kier molecular flexibility index (Phi) is 5.28. The number of aromatic nitrogens is 1. The smallest absolute Gasteiger partial charge is 0.326 e. The van der Waals surface area contributed by atoms with E-state index >= 15 is 0 Å². The molecule has 1 aromatic carbocycles. The minimum atomic E-state index is -1.18. The van der Waals surface area contributed by atoms with Crippen molar-refractivity contribution in [1.29, 1.82) is 0 Å². The monoisotopic (exact) mass is 338 g/mol. The van der Waals surface area contributed by atoms with Crippen LogP contribution in [0, 0.1) is 17.6 Å². The van der Waals surface area contributed by atoms with Gasteiger partial charge in [-0.3, -0.25) is 4.79 Å². The minimum Gasteiger partial charge on any atom is -0.480 e. The van der Waals surface area contributed by atoms with Gasteiger partial charge in [0.1, 0.15) is 29.5 Å². The summed E-state index contributed by atoms with van der Waals surface area (Å²) in [4.78, 5) is 27.1. The number of carbonyl (C=O) groups is 2. The average molecular weight is 338 g/mol. The molecular weight excluding hydrogens is 322 g/mol.